The van der Waals surface area contributed by atoms with Crippen LogP contribution in [0, 0.1) is 0 Å². The number of rotatable bonds is 3. The molecule has 3 N–H and O–H groups in total. The van der Waals surface area contributed by atoms with Gasteiger partial charge in [-0.1, -0.05) is 29.8 Å². The lowest BCUT2D eigenvalue weighted by Gasteiger charge is -2.12. The molecule has 2 aromatic rings. The SMILES string of the molecule is O=C(Nc1ccc2c(c1)CCC2)C1CC(c2cccc(Cl)c2)NN1. The molecular weight excluding hydrogens is 322 g/mol. The molecule has 24 heavy (non-hydrogen) atoms. The molecule has 0 radical (unpaired) electrons. The van der Waals surface area contributed by atoms with Gasteiger partial charge in [-0.05, 0) is 66.6 Å². The lowest BCUT2D eigenvalue weighted by molar-refractivity contribution is -0.117. The number of nitrogens with one attached hydrogen (secondary N) is 3. The number of hydrazine groups is 1. The van der Waals surface area contributed by atoms with Crippen molar-refractivity contribution in [2.24, 2.45) is 0 Å². The average Bonchev–Trinajstić information content (AvgIpc) is 3.24. The van der Waals surface area contributed by atoms with Gasteiger partial charge in [0.1, 0.15) is 6.04 Å². The van der Waals surface area contributed by atoms with Gasteiger partial charge in [0.15, 0.2) is 0 Å². The normalized spacial score (nSPS) is 22.4. The van der Waals surface area contributed by atoms with Gasteiger partial charge in [-0.25, -0.2) is 10.9 Å². The molecule has 0 bridgehead atoms. The highest BCUT2D eigenvalue weighted by atomic mass is 35.5. The van der Waals surface area contributed by atoms with Crippen LogP contribution in [0.5, 0.6) is 0 Å². The quantitative estimate of drug-likeness (QED) is 0.802. The number of aryl methyl sites for hydroxylation is 2. The predicted octanol–water partition coefficient (Wildman–Crippen LogP) is 3.38. The van der Waals surface area contributed by atoms with Crippen LogP contribution in [0.2, 0.25) is 5.02 Å². The van der Waals surface area contributed by atoms with Gasteiger partial charge in [0.25, 0.3) is 0 Å². The van der Waals surface area contributed by atoms with Crippen LogP contribution in [0.25, 0.3) is 0 Å². The fourth-order valence-corrected chi connectivity index (χ4v) is 3.75. The summed E-state index contributed by atoms with van der Waals surface area (Å²) in [5.41, 5.74) is 11.0. The number of carbonyl (C=O) groups is 1. The van der Waals surface area contributed by atoms with Crippen molar-refractivity contribution in [1.29, 1.82) is 0 Å². The highest BCUT2D eigenvalue weighted by Gasteiger charge is 2.30. The molecule has 2 aromatic carbocycles. The number of benzene rings is 2. The maximum absolute atomic E-state index is 12.5. The standard InChI is InChI=1S/C19H20ClN3O/c20-15-6-2-5-14(9-15)17-11-18(23-22-17)19(24)21-16-8-7-12-3-1-4-13(12)10-16/h2,5-10,17-18,22-23H,1,3-4,11H2,(H,21,24). The Morgan fingerprint density at radius 1 is 1.08 bits per heavy atom. The highest BCUT2D eigenvalue weighted by molar-refractivity contribution is 6.30. The molecule has 1 saturated heterocycles. The lowest BCUT2D eigenvalue weighted by atomic mass is 10.0. The van der Waals surface area contributed by atoms with Gasteiger partial charge in [-0.2, -0.15) is 0 Å². The minimum Gasteiger partial charge on any atom is -0.325 e. The van der Waals surface area contributed by atoms with Crippen molar-refractivity contribution in [2.45, 2.75) is 37.8 Å². The van der Waals surface area contributed by atoms with E-state index in [0.717, 1.165) is 24.1 Å². The molecule has 0 saturated carbocycles. The first-order chi connectivity index (χ1) is 11.7. The van der Waals surface area contributed by atoms with Crippen molar-refractivity contribution in [3.63, 3.8) is 0 Å². The molecule has 4 rings (SSSR count). The molecule has 0 spiro atoms. The first kappa shape index (κ1) is 15.6. The van der Waals surface area contributed by atoms with Gasteiger partial charge in [0.2, 0.25) is 5.91 Å². The molecule has 1 fully saturated rings. The first-order valence-electron chi connectivity index (χ1n) is 8.38. The second-order valence-corrected chi connectivity index (χ2v) is 6.95. The van der Waals surface area contributed by atoms with Crippen LogP contribution in [0.1, 0.15) is 35.6 Å². The number of amides is 1. The van der Waals surface area contributed by atoms with Crippen molar-refractivity contribution < 1.29 is 4.79 Å². The summed E-state index contributed by atoms with van der Waals surface area (Å²) in [6.45, 7) is 0. The topological polar surface area (TPSA) is 53.2 Å². The molecule has 1 amide bonds. The van der Waals surface area contributed by atoms with Crippen LogP contribution in [-0.2, 0) is 17.6 Å². The van der Waals surface area contributed by atoms with Gasteiger partial charge >= 0.3 is 0 Å². The van der Waals surface area contributed by atoms with Crippen LogP contribution >= 0.6 is 11.6 Å². The Bertz CT molecular complexity index is 777. The number of fused-ring (bicyclic) bond motifs is 1. The zero-order valence-electron chi connectivity index (χ0n) is 13.3. The summed E-state index contributed by atoms with van der Waals surface area (Å²) >= 11 is 6.05. The van der Waals surface area contributed by atoms with Crippen molar-refractivity contribution >= 4 is 23.2 Å². The zero-order chi connectivity index (χ0) is 16.5. The number of hydrogen-bond donors (Lipinski definition) is 3. The molecule has 1 heterocycles. The summed E-state index contributed by atoms with van der Waals surface area (Å²) in [6.07, 6.45) is 4.16. The average molecular weight is 342 g/mol. The van der Waals surface area contributed by atoms with E-state index >= 15 is 0 Å². The van der Waals surface area contributed by atoms with E-state index in [1.54, 1.807) is 0 Å². The third-order valence-corrected chi connectivity index (χ3v) is 5.07. The number of carbonyl (C=O) groups excluding carboxylic acids is 1. The Hall–Kier alpha value is -1.88. The number of anilines is 1. The van der Waals surface area contributed by atoms with E-state index in [2.05, 4.69) is 28.3 Å². The fourth-order valence-electron chi connectivity index (χ4n) is 3.55. The molecule has 2 unspecified atom stereocenters. The maximum Gasteiger partial charge on any atom is 0.242 e. The Labute approximate surface area is 146 Å². The van der Waals surface area contributed by atoms with Crippen LogP contribution in [0.3, 0.4) is 0 Å². The van der Waals surface area contributed by atoms with E-state index in [1.807, 2.05) is 30.3 Å². The van der Waals surface area contributed by atoms with Gasteiger partial charge in [-0.15, -0.1) is 0 Å². The molecule has 2 aliphatic rings. The zero-order valence-corrected chi connectivity index (χ0v) is 14.1. The largest absolute Gasteiger partial charge is 0.325 e. The van der Waals surface area contributed by atoms with Crippen molar-refractivity contribution in [1.82, 2.24) is 10.9 Å². The smallest absolute Gasteiger partial charge is 0.242 e. The van der Waals surface area contributed by atoms with Gasteiger partial charge < -0.3 is 5.32 Å². The molecule has 124 valence electrons. The fraction of sp³-hybridized carbons (Fsp3) is 0.316. The lowest BCUT2D eigenvalue weighted by Crippen LogP contribution is -2.39. The monoisotopic (exact) mass is 341 g/mol. The van der Waals surface area contributed by atoms with Crippen molar-refractivity contribution in [3.8, 4) is 0 Å². The molecule has 1 aliphatic heterocycles. The van der Waals surface area contributed by atoms with Crippen molar-refractivity contribution in [3.05, 3.63) is 64.2 Å². The summed E-state index contributed by atoms with van der Waals surface area (Å²) < 4.78 is 0. The Morgan fingerprint density at radius 3 is 2.83 bits per heavy atom. The predicted molar refractivity (Wildman–Crippen MR) is 96.0 cm³/mol. The number of halogens is 1. The third kappa shape index (κ3) is 3.18. The van der Waals surface area contributed by atoms with Crippen molar-refractivity contribution in [2.75, 3.05) is 5.32 Å². The molecule has 1 aliphatic carbocycles. The molecular formula is C19H20ClN3O. The van der Waals surface area contributed by atoms with E-state index in [1.165, 1.54) is 17.5 Å². The van der Waals surface area contributed by atoms with Gasteiger partial charge in [-0.3, -0.25) is 4.79 Å². The highest BCUT2D eigenvalue weighted by Crippen LogP contribution is 2.27. The second kappa shape index (κ2) is 6.55. The number of hydrogen-bond acceptors (Lipinski definition) is 3. The van der Waals surface area contributed by atoms with Gasteiger partial charge in [0, 0.05) is 16.8 Å². The van der Waals surface area contributed by atoms with E-state index in [9.17, 15) is 4.79 Å². The Kier molecular flexibility index (Phi) is 4.27. The van der Waals surface area contributed by atoms with Crippen LogP contribution in [0.15, 0.2) is 42.5 Å². The summed E-state index contributed by atoms with van der Waals surface area (Å²) in [6, 6.07) is 13.8. The van der Waals surface area contributed by atoms with Crippen LogP contribution in [0.4, 0.5) is 5.69 Å². The molecule has 5 heteroatoms. The summed E-state index contributed by atoms with van der Waals surface area (Å²) in [7, 11) is 0. The summed E-state index contributed by atoms with van der Waals surface area (Å²) in [5.74, 6) is -0.00928. The Morgan fingerprint density at radius 2 is 1.96 bits per heavy atom. The second-order valence-electron chi connectivity index (χ2n) is 6.51. The van der Waals surface area contributed by atoms with Crippen LogP contribution < -0.4 is 16.2 Å². The van der Waals surface area contributed by atoms with E-state index in [-0.39, 0.29) is 18.0 Å². The summed E-state index contributed by atoms with van der Waals surface area (Å²) in [4.78, 5) is 12.5. The summed E-state index contributed by atoms with van der Waals surface area (Å²) in [5, 5.41) is 3.74. The van der Waals surface area contributed by atoms with E-state index < -0.39 is 0 Å². The first-order valence-corrected chi connectivity index (χ1v) is 8.76. The van der Waals surface area contributed by atoms with E-state index in [0.29, 0.717) is 11.4 Å². The van der Waals surface area contributed by atoms with E-state index in [4.69, 9.17) is 11.6 Å². The maximum atomic E-state index is 12.5. The minimum atomic E-state index is -0.262. The molecule has 4 nitrogen and oxygen atoms in total. The molecule has 2 atom stereocenters. The Balaban J connectivity index is 1.41. The van der Waals surface area contributed by atoms with Crippen LogP contribution in [-0.4, -0.2) is 11.9 Å². The third-order valence-electron chi connectivity index (χ3n) is 4.84. The van der Waals surface area contributed by atoms with Gasteiger partial charge in [0.05, 0.1) is 0 Å². The molecule has 0 aromatic heterocycles. The minimum absolute atomic E-state index is 0.00928.